The van der Waals surface area contributed by atoms with E-state index in [1.54, 1.807) is 0 Å². The van der Waals surface area contributed by atoms with Gasteiger partial charge in [-0.2, -0.15) is 0 Å². The van der Waals surface area contributed by atoms with Crippen molar-refractivity contribution in [1.82, 2.24) is 0 Å². The van der Waals surface area contributed by atoms with Gasteiger partial charge in [-0.05, 0) is 12.2 Å². The molecule has 0 aromatic heterocycles. The van der Waals surface area contributed by atoms with Crippen LogP contribution < -0.4 is 0 Å². The van der Waals surface area contributed by atoms with Gasteiger partial charge in [-0.25, -0.2) is 9.59 Å². The molecule has 0 rings (SSSR count). The lowest BCUT2D eigenvalue weighted by molar-refractivity contribution is -0.159. The van der Waals surface area contributed by atoms with Crippen molar-refractivity contribution >= 4 is 23.7 Å². The maximum Gasteiger partial charge on any atom is 0.355 e. The predicted octanol–water partition coefficient (Wildman–Crippen LogP) is 0.0758. The Hall–Kier alpha value is -0.750. The fourth-order valence-corrected chi connectivity index (χ4v) is 1.30. The zero-order chi connectivity index (χ0) is 10.3. The van der Waals surface area contributed by atoms with Crippen LogP contribution in [-0.4, -0.2) is 39.9 Å². The maximum atomic E-state index is 10.5. The van der Waals surface area contributed by atoms with Crippen LogP contribution in [0.25, 0.3) is 0 Å². The molecule has 0 radical (unpaired) electrons. The van der Waals surface area contributed by atoms with Crippen LogP contribution in [-0.2, 0) is 14.3 Å². The highest BCUT2D eigenvalue weighted by molar-refractivity contribution is 8.00. The van der Waals surface area contributed by atoms with Gasteiger partial charge in [-0.1, -0.05) is 6.92 Å². The van der Waals surface area contributed by atoms with Crippen LogP contribution in [0.15, 0.2) is 0 Å². The second-order valence-corrected chi connectivity index (χ2v) is 3.36. The predicted molar refractivity (Wildman–Crippen MR) is 47.4 cm³/mol. The van der Waals surface area contributed by atoms with Gasteiger partial charge < -0.3 is 14.9 Å². The molecule has 5 nitrogen and oxygen atoms in total. The Morgan fingerprint density at radius 1 is 1.54 bits per heavy atom. The van der Waals surface area contributed by atoms with Crippen molar-refractivity contribution in [3.63, 3.8) is 0 Å². The summed E-state index contributed by atoms with van der Waals surface area (Å²) in [6, 6.07) is 0. The molecule has 2 N–H and O–H groups in total. The third-order valence-corrected chi connectivity index (χ3v) is 2.29. The Kier molecular flexibility index (Phi) is 6.34. The number of aliphatic hydroxyl groups is 1. The summed E-state index contributed by atoms with van der Waals surface area (Å²) in [7, 11) is 0. The number of esters is 1. The Labute approximate surface area is 80.1 Å². The molecule has 13 heavy (non-hydrogen) atoms. The number of hydrogen-bond acceptors (Lipinski definition) is 5. The van der Waals surface area contributed by atoms with Gasteiger partial charge >= 0.3 is 11.9 Å². The molecule has 1 unspecified atom stereocenters. The van der Waals surface area contributed by atoms with Gasteiger partial charge in [-0.3, -0.25) is 0 Å². The van der Waals surface area contributed by atoms with E-state index in [1.165, 1.54) is 0 Å². The molecule has 0 saturated heterocycles. The number of carboxylic acid groups (broad SMARTS) is 1. The minimum absolute atomic E-state index is 0.593. The van der Waals surface area contributed by atoms with Crippen molar-refractivity contribution in [3.05, 3.63) is 0 Å². The minimum atomic E-state index is -1.21. The molecule has 0 aromatic carbocycles. The fourth-order valence-electron chi connectivity index (χ4n) is 0.537. The van der Waals surface area contributed by atoms with E-state index in [0.29, 0.717) is 5.75 Å². The molecule has 0 aromatic rings. The third-order valence-electron chi connectivity index (χ3n) is 1.04. The normalized spacial score (nSPS) is 12.2. The molecule has 76 valence electrons. The second kappa shape index (κ2) is 6.73. The Balaban J connectivity index is 3.94. The fraction of sp³-hybridized carbons (Fsp3) is 0.714. The standard InChI is InChI=1S/C7H12O5S/c1-2-3-13-7(6(10)11)12-5(9)4-8/h7-8H,2-4H2,1H3,(H,10,11). The van der Waals surface area contributed by atoms with E-state index in [9.17, 15) is 9.59 Å². The average Bonchev–Trinajstić information content (AvgIpc) is 2.11. The number of ether oxygens (including phenoxy) is 1. The summed E-state index contributed by atoms with van der Waals surface area (Å²) in [4.78, 5) is 21.0. The first-order chi connectivity index (χ1) is 6.11. The number of carbonyl (C=O) groups excluding carboxylic acids is 1. The number of carboxylic acids is 1. The lowest BCUT2D eigenvalue weighted by Crippen LogP contribution is -2.25. The Morgan fingerprint density at radius 2 is 2.15 bits per heavy atom. The number of aliphatic hydroxyl groups excluding tert-OH is 1. The van der Waals surface area contributed by atoms with Crippen LogP contribution in [0.4, 0.5) is 0 Å². The second-order valence-electron chi connectivity index (χ2n) is 2.19. The third kappa shape index (κ3) is 5.48. The molecule has 0 aliphatic carbocycles. The quantitative estimate of drug-likeness (QED) is 0.475. The zero-order valence-corrected chi connectivity index (χ0v) is 8.04. The molecular weight excluding hydrogens is 196 g/mol. The molecular formula is C7H12O5S. The highest BCUT2D eigenvalue weighted by Crippen LogP contribution is 2.13. The molecule has 1 atom stereocenters. The van der Waals surface area contributed by atoms with E-state index in [-0.39, 0.29) is 0 Å². The van der Waals surface area contributed by atoms with E-state index in [4.69, 9.17) is 10.2 Å². The van der Waals surface area contributed by atoms with Gasteiger partial charge in [0.05, 0.1) is 0 Å². The van der Waals surface area contributed by atoms with E-state index in [0.717, 1.165) is 18.2 Å². The smallest absolute Gasteiger partial charge is 0.355 e. The lowest BCUT2D eigenvalue weighted by atomic mass is 10.6. The molecule has 0 bridgehead atoms. The van der Waals surface area contributed by atoms with Crippen LogP contribution in [0.5, 0.6) is 0 Å². The summed E-state index contributed by atoms with van der Waals surface area (Å²) < 4.78 is 4.44. The van der Waals surface area contributed by atoms with Crippen molar-refractivity contribution in [2.24, 2.45) is 0 Å². The summed E-state index contributed by atoms with van der Waals surface area (Å²) in [6.45, 7) is 1.09. The van der Waals surface area contributed by atoms with Crippen molar-refractivity contribution in [3.8, 4) is 0 Å². The summed E-state index contributed by atoms with van der Waals surface area (Å²) in [5.41, 5.74) is -1.21. The minimum Gasteiger partial charge on any atom is -0.478 e. The average molecular weight is 208 g/mol. The Bertz CT molecular complexity index is 182. The van der Waals surface area contributed by atoms with Gasteiger partial charge in [0.25, 0.3) is 0 Å². The number of thioether (sulfide) groups is 1. The van der Waals surface area contributed by atoms with Gasteiger partial charge in [0.2, 0.25) is 5.44 Å². The van der Waals surface area contributed by atoms with Crippen LogP contribution in [0, 0.1) is 0 Å². The van der Waals surface area contributed by atoms with E-state index >= 15 is 0 Å². The van der Waals surface area contributed by atoms with E-state index < -0.39 is 24.0 Å². The number of carbonyl (C=O) groups is 2. The maximum absolute atomic E-state index is 10.5. The number of aliphatic carboxylic acids is 1. The molecule has 0 fully saturated rings. The van der Waals surface area contributed by atoms with Gasteiger partial charge in [0.15, 0.2) is 0 Å². The lowest BCUT2D eigenvalue weighted by Gasteiger charge is -2.11. The highest BCUT2D eigenvalue weighted by Gasteiger charge is 2.21. The van der Waals surface area contributed by atoms with Crippen molar-refractivity contribution in [2.45, 2.75) is 18.8 Å². The molecule has 0 aliphatic rings. The van der Waals surface area contributed by atoms with Crippen molar-refractivity contribution in [2.75, 3.05) is 12.4 Å². The van der Waals surface area contributed by atoms with Crippen LogP contribution in [0.1, 0.15) is 13.3 Å². The first kappa shape index (κ1) is 12.2. The molecule has 0 saturated carbocycles. The van der Waals surface area contributed by atoms with Crippen LogP contribution >= 0.6 is 11.8 Å². The molecule has 0 aliphatic heterocycles. The number of hydrogen-bond donors (Lipinski definition) is 2. The van der Waals surface area contributed by atoms with Crippen molar-refractivity contribution < 1.29 is 24.5 Å². The van der Waals surface area contributed by atoms with E-state index in [2.05, 4.69) is 4.74 Å². The highest BCUT2D eigenvalue weighted by atomic mass is 32.2. The SMILES string of the molecule is CCCSC(OC(=O)CO)C(=O)O. The largest absolute Gasteiger partial charge is 0.478 e. The summed E-state index contributed by atoms with van der Waals surface area (Å²) in [5, 5.41) is 16.9. The topological polar surface area (TPSA) is 83.8 Å². The van der Waals surface area contributed by atoms with Gasteiger partial charge in [0, 0.05) is 0 Å². The molecule has 6 heteroatoms. The summed E-state index contributed by atoms with van der Waals surface area (Å²) in [5.74, 6) is -1.54. The Morgan fingerprint density at radius 3 is 2.54 bits per heavy atom. The molecule has 0 spiro atoms. The molecule has 0 heterocycles. The van der Waals surface area contributed by atoms with Gasteiger partial charge in [-0.15, -0.1) is 11.8 Å². The van der Waals surface area contributed by atoms with Crippen molar-refractivity contribution in [1.29, 1.82) is 0 Å². The summed E-state index contributed by atoms with van der Waals surface area (Å²) >= 11 is 1.02. The summed E-state index contributed by atoms with van der Waals surface area (Å²) in [6.07, 6.45) is 0.797. The van der Waals surface area contributed by atoms with Crippen LogP contribution in [0.3, 0.4) is 0 Å². The number of rotatable bonds is 6. The zero-order valence-electron chi connectivity index (χ0n) is 7.23. The first-order valence-corrected chi connectivity index (χ1v) is 4.81. The van der Waals surface area contributed by atoms with Gasteiger partial charge in [0.1, 0.15) is 6.61 Å². The van der Waals surface area contributed by atoms with Crippen LogP contribution in [0.2, 0.25) is 0 Å². The molecule has 0 amide bonds. The monoisotopic (exact) mass is 208 g/mol. The first-order valence-electron chi connectivity index (χ1n) is 3.76. The van der Waals surface area contributed by atoms with E-state index in [1.807, 2.05) is 6.92 Å².